The molecule has 5 nitrogen and oxygen atoms in total. The number of carbonyl (C=O) groups excluding carboxylic acids is 1. The Morgan fingerprint density at radius 1 is 1.67 bits per heavy atom. The van der Waals surface area contributed by atoms with Gasteiger partial charge < -0.3 is 20.7 Å². The quantitative estimate of drug-likeness (QED) is 0.667. The standard InChI is InChI=1S/C13H21N3O2/c1-9(17)3-2-6-15-13(18)12-7-10(14)8-16(12)11-4-5-11/h7-9,11,17H,2-6,14H2,1H3,(H,15,18). The lowest BCUT2D eigenvalue weighted by Crippen LogP contribution is -2.27. The Labute approximate surface area is 107 Å². The van der Waals surface area contributed by atoms with E-state index in [9.17, 15) is 4.79 Å². The molecule has 1 aromatic heterocycles. The summed E-state index contributed by atoms with van der Waals surface area (Å²) < 4.78 is 1.97. The zero-order chi connectivity index (χ0) is 13.1. The van der Waals surface area contributed by atoms with Gasteiger partial charge in [-0.25, -0.2) is 0 Å². The minimum Gasteiger partial charge on any atom is -0.397 e. The molecule has 0 spiro atoms. The molecule has 5 heteroatoms. The lowest BCUT2D eigenvalue weighted by molar-refractivity contribution is 0.0940. The fraction of sp³-hybridized carbons (Fsp3) is 0.615. The van der Waals surface area contributed by atoms with Crippen LogP contribution < -0.4 is 11.1 Å². The van der Waals surface area contributed by atoms with Gasteiger partial charge in [-0.15, -0.1) is 0 Å². The molecule has 2 rings (SSSR count). The first-order valence-electron chi connectivity index (χ1n) is 6.51. The molecule has 1 amide bonds. The van der Waals surface area contributed by atoms with E-state index >= 15 is 0 Å². The van der Waals surface area contributed by atoms with Crippen LogP contribution in [-0.2, 0) is 0 Å². The van der Waals surface area contributed by atoms with E-state index in [-0.39, 0.29) is 12.0 Å². The largest absolute Gasteiger partial charge is 0.397 e. The minimum absolute atomic E-state index is 0.0795. The number of carbonyl (C=O) groups is 1. The highest BCUT2D eigenvalue weighted by Gasteiger charge is 2.27. The van der Waals surface area contributed by atoms with Crippen molar-refractivity contribution in [3.05, 3.63) is 18.0 Å². The Hall–Kier alpha value is -1.49. The van der Waals surface area contributed by atoms with Crippen molar-refractivity contribution >= 4 is 11.6 Å². The maximum Gasteiger partial charge on any atom is 0.267 e. The van der Waals surface area contributed by atoms with Gasteiger partial charge in [0.1, 0.15) is 5.69 Å². The number of nitrogens with one attached hydrogen (secondary N) is 1. The molecule has 1 saturated carbocycles. The van der Waals surface area contributed by atoms with Gasteiger partial charge in [-0.3, -0.25) is 4.79 Å². The van der Waals surface area contributed by atoms with Crippen LogP contribution in [0.5, 0.6) is 0 Å². The predicted octanol–water partition coefficient (Wildman–Crippen LogP) is 1.30. The first kappa shape index (κ1) is 13.0. The minimum atomic E-state index is -0.312. The van der Waals surface area contributed by atoms with Crippen LogP contribution in [0.4, 0.5) is 5.69 Å². The van der Waals surface area contributed by atoms with E-state index < -0.39 is 0 Å². The number of nitrogens with two attached hydrogens (primary N) is 1. The summed E-state index contributed by atoms with van der Waals surface area (Å²) in [5, 5.41) is 12.0. The molecular formula is C13H21N3O2. The monoisotopic (exact) mass is 251 g/mol. The van der Waals surface area contributed by atoms with E-state index in [0.29, 0.717) is 30.4 Å². The van der Waals surface area contributed by atoms with Gasteiger partial charge in [0, 0.05) is 18.8 Å². The molecule has 1 heterocycles. The number of nitrogens with zero attached hydrogens (tertiary/aromatic N) is 1. The molecule has 0 aliphatic heterocycles. The molecule has 0 radical (unpaired) electrons. The van der Waals surface area contributed by atoms with Gasteiger partial charge in [0.05, 0.1) is 11.8 Å². The molecule has 4 N–H and O–H groups in total. The Bertz CT molecular complexity index is 422. The first-order chi connectivity index (χ1) is 8.58. The number of hydrogen-bond acceptors (Lipinski definition) is 3. The molecule has 100 valence electrons. The summed E-state index contributed by atoms with van der Waals surface area (Å²) in [4.78, 5) is 12.0. The molecule has 1 aromatic rings. The van der Waals surface area contributed by atoms with Crippen molar-refractivity contribution in [2.75, 3.05) is 12.3 Å². The Morgan fingerprint density at radius 2 is 2.39 bits per heavy atom. The van der Waals surface area contributed by atoms with Gasteiger partial charge in [-0.1, -0.05) is 0 Å². The second kappa shape index (κ2) is 5.44. The molecule has 1 unspecified atom stereocenters. The highest BCUT2D eigenvalue weighted by Crippen LogP contribution is 2.37. The summed E-state index contributed by atoms with van der Waals surface area (Å²) in [6, 6.07) is 2.17. The predicted molar refractivity (Wildman–Crippen MR) is 70.4 cm³/mol. The topological polar surface area (TPSA) is 80.3 Å². The number of aromatic nitrogens is 1. The fourth-order valence-corrected chi connectivity index (χ4v) is 2.03. The number of aliphatic hydroxyl groups excluding tert-OH is 1. The molecular weight excluding hydrogens is 230 g/mol. The molecule has 1 aliphatic rings. The number of hydrogen-bond donors (Lipinski definition) is 3. The lowest BCUT2D eigenvalue weighted by atomic mass is 10.2. The normalized spacial score (nSPS) is 16.6. The maximum atomic E-state index is 12.0. The first-order valence-corrected chi connectivity index (χ1v) is 6.51. The van der Waals surface area contributed by atoms with Gasteiger partial charge in [0.15, 0.2) is 0 Å². The molecule has 0 saturated heterocycles. The fourth-order valence-electron chi connectivity index (χ4n) is 2.03. The van der Waals surface area contributed by atoms with E-state index in [1.165, 1.54) is 0 Å². The zero-order valence-electron chi connectivity index (χ0n) is 10.7. The molecule has 1 atom stereocenters. The maximum absolute atomic E-state index is 12.0. The van der Waals surface area contributed by atoms with Crippen LogP contribution in [0.15, 0.2) is 12.3 Å². The van der Waals surface area contributed by atoms with Crippen molar-refractivity contribution in [1.29, 1.82) is 0 Å². The van der Waals surface area contributed by atoms with Gasteiger partial charge >= 0.3 is 0 Å². The summed E-state index contributed by atoms with van der Waals surface area (Å²) in [6.07, 6.45) is 5.25. The second-order valence-corrected chi connectivity index (χ2v) is 5.04. The highest BCUT2D eigenvalue weighted by atomic mass is 16.3. The average molecular weight is 251 g/mol. The van der Waals surface area contributed by atoms with Gasteiger partial charge in [-0.2, -0.15) is 0 Å². The van der Waals surface area contributed by atoms with E-state index in [2.05, 4.69) is 5.32 Å². The van der Waals surface area contributed by atoms with E-state index in [1.54, 1.807) is 13.0 Å². The third kappa shape index (κ3) is 3.26. The lowest BCUT2D eigenvalue weighted by Gasteiger charge is -2.09. The van der Waals surface area contributed by atoms with Gasteiger partial charge in [-0.05, 0) is 38.7 Å². The number of anilines is 1. The summed E-state index contributed by atoms with van der Waals surface area (Å²) in [7, 11) is 0. The van der Waals surface area contributed by atoms with Crippen LogP contribution in [0.1, 0.15) is 49.1 Å². The molecule has 18 heavy (non-hydrogen) atoms. The molecule has 1 fully saturated rings. The summed E-state index contributed by atoms with van der Waals surface area (Å²) in [5.41, 5.74) is 7.02. The van der Waals surface area contributed by atoms with Crippen LogP contribution >= 0.6 is 0 Å². The van der Waals surface area contributed by atoms with Crippen molar-refractivity contribution < 1.29 is 9.90 Å². The average Bonchev–Trinajstić information content (AvgIpc) is 3.07. The van der Waals surface area contributed by atoms with E-state index in [0.717, 1.165) is 19.3 Å². The molecule has 0 bridgehead atoms. The van der Waals surface area contributed by atoms with Crippen LogP contribution in [0.3, 0.4) is 0 Å². The van der Waals surface area contributed by atoms with Crippen molar-refractivity contribution in [1.82, 2.24) is 9.88 Å². The summed E-state index contributed by atoms with van der Waals surface area (Å²) >= 11 is 0. The molecule has 1 aliphatic carbocycles. The van der Waals surface area contributed by atoms with Crippen LogP contribution in [-0.4, -0.2) is 28.2 Å². The second-order valence-electron chi connectivity index (χ2n) is 5.04. The number of aliphatic hydroxyl groups is 1. The summed E-state index contributed by atoms with van der Waals surface area (Å²) in [5.74, 6) is -0.0795. The van der Waals surface area contributed by atoms with Crippen LogP contribution in [0.25, 0.3) is 0 Å². The van der Waals surface area contributed by atoms with Crippen LogP contribution in [0, 0.1) is 0 Å². The Morgan fingerprint density at radius 3 is 3.00 bits per heavy atom. The van der Waals surface area contributed by atoms with Gasteiger partial charge in [0.2, 0.25) is 0 Å². The van der Waals surface area contributed by atoms with Crippen molar-refractivity contribution in [3.8, 4) is 0 Å². The Kier molecular flexibility index (Phi) is 3.91. The third-order valence-corrected chi connectivity index (χ3v) is 3.13. The van der Waals surface area contributed by atoms with E-state index in [1.807, 2.05) is 10.8 Å². The third-order valence-electron chi connectivity index (χ3n) is 3.13. The Balaban J connectivity index is 1.88. The SMILES string of the molecule is CC(O)CCCNC(=O)c1cc(N)cn1C1CC1. The molecule has 0 aromatic carbocycles. The van der Waals surface area contributed by atoms with E-state index in [4.69, 9.17) is 10.8 Å². The zero-order valence-corrected chi connectivity index (χ0v) is 10.7. The van der Waals surface area contributed by atoms with Crippen LogP contribution in [0.2, 0.25) is 0 Å². The number of nitrogen functional groups attached to an aromatic ring is 1. The summed E-state index contributed by atoms with van der Waals surface area (Å²) in [6.45, 7) is 2.33. The number of rotatable bonds is 6. The van der Waals surface area contributed by atoms with Crippen molar-refractivity contribution in [2.24, 2.45) is 0 Å². The number of amides is 1. The highest BCUT2D eigenvalue weighted by molar-refractivity contribution is 5.93. The van der Waals surface area contributed by atoms with Crippen molar-refractivity contribution in [3.63, 3.8) is 0 Å². The smallest absolute Gasteiger partial charge is 0.267 e. The van der Waals surface area contributed by atoms with Gasteiger partial charge in [0.25, 0.3) is 5.91 Å². The van der Waals surface area contributed by atoms with Crippen molar-refractivity contribution in [2.45, 2.75) is 44.8 Å².